The van der Waals surface area contributed by atoms with Crippen molar-refractivity contribution in [2.24, 2.45) is 5.11 Å². The van der Waals surface area contributed by atoms with Gasteiger partial charge in [-0.05, 0) is 173 Å². The van der Waals surface area contributed by atoms with Gasteiger partial charge in [-0.25, -0.2) is 0 Å². The zero-order valence-electron chi connectivity index (χ0n) is 36.5. The van der Waals surface area contributed by atoms with Crippen molar-refractivity contribution in [2.75, 3.05) is 9.80 Å². The van der Waals surface area contributed by atoms with Crippen LogP contribution in [0.4, 0.5) is 17.8 Å². The van der Waals surface area contributed by atoms with E-state index in [4.69, 9.17) is 15.0 Å². The molecule has 5 heterocycles. The normalized spacial score (nSPS) is 28.7. The van der Waals surface area contributed by atoms with Gasteiger partial charge < -0.3 is 9.80 Å². The molecule has 0 aromatic carbocycles. The molecule has 0 atom stereocenters. The molecule has 4 aliphatic heterocycles. The topological polar surface area (TPSA) is 186 Å². The fourth-order valence-electron chi connectivity index (χ4n) is 11.5. The summed E-state index contributed by atoms with van der Waals surface area (Å²) in [5.74, 6) is 0.560. The third kappa shape index (κ3) is 8.18. The SMILES string of the molecule is CC1(C)CC(N(c2nc(N=[N+]=[N-])nc(N(C3CC(C)(C)N([O])C(C)(C)C3)C3CC(C)(C)N([O])C(C)(C)C3)n2)C2CC(C)(C)N([O])C(C)(C)C2)CC(C)(C)N1[O]. The Kier molecular flexibility index (Phi) is 11.0. The average Bonchev–Trinajstić information content (AvgIpc) is 2.99. The highest BCUT2D eigenvalue weighted by Gasteiger charge is 2.55. The lowest BCUT2D eigenvalue weighted by Crippen LogP contribution is -2.68. The molecule has 1 aromatic heterocycles. The molecule has 5 rings (SSSR count). The minimum Gasteiger partial charge on any atom is -0.334 e. The molecule has 4 fully saturated rings. The largest absolute Gasteiger partial charge is 0.334 e. The molecule has 55 heavy (non-hydrogen) atoms. The summed E-state index contributed by atoms with van der Waals surface area (Å²) in [6.45, 7) is 31.4. The van der Waals surface area contributed by atoms with Crippen LogP contribution in [0, 0.1) is 0 Å². The van der Waals surface area contributed by atoms with Crippen LogP contribution in [-0.4, -0.2) is 104 Å². The van der Waals surface area contributed by atoms with Crippen LogP contribution in [0.25, 0.3) is 10.4 Å². The lowest BCUT2D eigenvalue weighted by Gasteiger charge is -2.57. The molecular weight excluding hydrogens is 701 g/mol. The summed E-state index contributed by atoms with van der Waals surface area (Å²) in [5.41, 5.74) is 4.01. The lowest BCUT2D eigenvalue weighted by molar-refractivity contribution is -0.294. The van der Waals surface area contributed by atoms with Gasteiger partial charge in [0, 0.05) is 73.4 Å². The summed E-state index contributed by atoms with van der Waals surface area (Å²) in [7, 11) is 0. The van der Waals surface area contributed by atoms with Crippen LogP contribution in [0.5, 0.6) is 0 Å². The summed E-state index contributed by atoms with van der Waals surface area (Å²) < 4.78 is 0. The van der Waals surface area contributed by atoms with Crippen LogP contribution < -0.4 is 9.80 Å². The lowest BCUT2D eigenvalue weighted by atomic mass is 9.74. The Balaban J connectivity index is 1.77. The Morgan fingerprint density at radius 2 is 0.655 bits per heavy atom. The van der Waals surface area contributed by atoms with Crippen molar-refractivity contribution in [1.29, 1.82) is 0 Å². The number of hydrogen-bond donors (Lipinski definition) is 0. The monoisotopic (exact) mass is 769 g/mol. The number of rotatable bonds is 7. The Hall–Kier alpha value is -2.40. The third-order valence-corrected chi connectivity index (χ3v) is 13.0. The van der Waals surface area contributed by atoms with Crippen molar-refractivity contribution in [2.45, 2.75) is 231 Å². The van der Waals surface area contributed by atoms with Gasteiger partial charge in [-0.2, -0.15) is 15.0 Å². The molecule has 0 N–H and O–H groups in total. The summed E-state index contributed by atoms with van der Waals surface area (Å²) >= 11 is 0. The van der Waals surface area contributed by atoms with E-state index in [1.54, 1.807) is 0 Å². The molecule has 0 unspecified atom stereocenters. The molecule has 4 aliphatic rings. The second kappa shape index (κ2) is 13.9. The minimum absolute atomic E-state index is 0.0865. The quantitative estimate of drug-likeness (QED) is 0.151. The van der Waals surface area contributed by atoms with Gasteiger partial charge in [0.15, 0.2) is 0 Å². The van der Waals surface area contributed by atoms with Gasteiger partial charge in [0.2, 0.25) is 17.8 Å². The predicted octanol–water partition coefficient (Wildman–Crippen LogP) is 7.89. The number of anilines is 2. The first kappa shape index (κ1) is 43.7. The van der Waals surface area contributed by atoms with Crippen LogP contribution >= 0.6 is 0 Å². The van der Waals surface area contributed by atoms with E-state index >= 15 is 0 Å². The molecule has 1 aromatic rings. The number of azide groups is 1. The molecule has 0 spiro atoms. The summed E-state index contributed by atoms with van der Waals surface area (Å²) in [5, 5.41) is 63.5. The zero-order chi connectivity index (χ0) is 41.7. The first-order valence-corrected chi connectivity index (χ1v) is 20.1. The molecule has 4 radical (unpaired) electrons. The van der Waals surface area contributed by atoms with Gasteiger partial charge in [-0.15, -0.1) is 41.1 Å². The number of aromatic nitrogens is 3. The average molecular weight is 769 g/mol. The predicted molar refractivity (Wildman–Crippen MR) is 208 cm³/mol. The van der Waals surface area contributed by atoms with E-state index in [2.05, 4.69) is 19.8 Å². The Morgan fingerprint density at radius 1 is 0.455 bits per heavy atom. The van der Waals surface area contributed by atoms with Crippen molar-refractivity contribution in [3.8, 4) is 0 Å². The van der Waals surface area contributed by atoms with Crippen molar-refractivity contribution in [3.63, 3.8) is 0 Å². The van der Waals surface area contributed by atoms with Crippen molar-refractivity contribution in [1.82, 2.24) is 35.2 Å². The zero-order valence-corrected chi connectivity index (χ0v) is 36.5. The van der Waals surface area contributed by atoms with Crippen LogP contribution in [0.2, 0.25) is 0 Å². The molecule has 16 nitrogen and oxygen atoms in total. The number of hydrogen-bond acceptors (Lipinski definition) is 10. The van der Waals surface area contributed by atoms with Gasteiger partial charge in [-0.1, -0.05) is 0 Å². The van der Waals surface area contributed by atoms with Gasteiger partial charge in [-0.3, -0.25) is 0 Å². The summed E-state index contributed by atoms with van der Waals surface area (Å²) in [4.78, 5) is 22.6. The van der Waals surface area contributed by atoms with Crippen molar-refractivity contribution >= 4 is 17.8 Å². The van der Waals surface area contributed by atoms with Crippen molar-refractivity contribution < 1.29 is 20.8 Å². The maximum absolute atomic E-state index is 13.7. The van der Waals surface area contributed by atoms with E-state index < -0.39 is 44.3 Å². The van der Waals surface area contributed by atoms with Crippen LogP contribution in [0.15, 0.2) is 5.11 Å². The highest BCUT2D eigenvalue weighted by atomic mass is 16.5. The van der Waals surface area contributed by atoms with Crippen molar-refractivity contribution in [3.05, 3.63) is 10.4 Å². The van der Waals surface area contributed by atoms with E-state index in [0.717, 1.165) is 0 Å². The van der Waals surface area contributed by atoms with Crippen LogP contribution in [-0.2, 0) is 20.8 Å². The maximum atomic E-state index is 13.7. The highest BCUT2D eigenvalue weighted by molar-refractivity contribution is 5.48. The van der Waals surface area contributed by atoms with Crippen LogP contribution in [0.1, 0.15) is 162 Å². The molecule has 0 saturated carbocycles. The van der Waals surface area contributed by atoms with E-state index in [-0.39, 0.29) is 30.1 Å². The van der Waals surface area contributed by atoms with Gasteiger partial charge in [0.25, 0.3) is 0 Å². The molecule has 16 heteroatoms. The van der Waals surface area contributed by atoms with Crippen LogP contribution in [0.3, 0.4) is 0 Å². The second-order valence-electron chi connectivity index (χ2n) is 22.2. The smallest absolute Gasteiger partial charge is 0.231 e. The molecule has 0 aliphatic carbocycles. The van der Waals surface area contributed by atoms with E-state index in [9.17, 15) is 26.4 Å². The first-order chi connectivity index (χ1) is 24.8. The number of piperidine rings is 4. The Labute approximate surface area is 329 Å². The fraction of sp³-hybridized carbons (Fsp3) is 0.923. The minimum atomic E-state index is -0.725. The third-order valence-electron chi connectivity index (χ3n) is 13.0. The second-order valence-corrected chi connectivity index (χ2v) is 22.2. The summed E-state index contributed by atoms with van der Waals surface area (Å²) in [6, 6.07) is -0.849. The summed E-state index contributed by atoms with van der Waals surface area (Å²) in [6.07, 6.45) is 4.07. The molecule has 308 valence electrons. The van der Waals surface area contributed by atoms with E-state index in [1.165, 1.54) is 20.3 Å². The van der Waals surface area contributed by atoms with E-state index in [1.807, 2.05) is 111 Å². The van der Waals surface area contributed by atoms with E-state index in [0.29, 0.717) is 63.3 Å². The molecular formula is C39H68N12O4. The Bertz CT molecular complexity index is 1380. The molecule has 0 bridgehead atoms. The maximum Gasteiger partial charge on any atom is 0.231 e. The Morgan fingerprint density at radius 3 is 0.836 bits per heavy atom. The molecule has 0 amide bonds. The van der Waals surface area contributed by atoms with Gasteiger partial charge in [0.1, 0.15) is 0 Å². The number of nitrogens with zero attached hydrogens (tertiary/aromatic N) is 12. The van der Waals surface area contributed by atoms with Gasteiger partial charge in [0.05, 0.1) is 0 Å². The standard InChI is InChI=1S/C39H68N12O4/c1-32(2)17-25(18-33(3,4)48(32)52)46(26-19-34(5,6)49(53)35(7,8)20-26)30-41-29(44-45-40)42-31(43-30)47(27-21-36(9,10)50(54)37(11,12)22-27)28-23-38(13,14)51(55)39(15,16)24-28/h25-28H,17-24H2,1-16H3. The first-order valence-electron chi connectivity index (χ1n) is 20.1. The number of hydroxylamine groups is 8. The molecule has 4 saturated heterocycles. The fourth-order valence-corrected chi connectivity index (χ4v) is 11.5. The van der Waals surface area contributed by atoms with Gasteiger partial charge >= 0.3 is 0 Å². The highest BCUT2D eigenvalue weighted by Crippen LogP contribution is 2.48.